The molecule has 0 atom stereocenters. The number of hydrazone groups is 1. The lowest BCUT2D eigenvalue weighted by Gasteiger charge is -2.10. The summed E-state index contributed by atoms with van der Waals surface area (Å²) in [7, 11) is 1.58. The van der Waals surface area contributed by atoms with Crippen molar-refractivity contribution in [1.82, 2.24) is 5.43 Å². The number of methoxy groups -OCH3 is 1. The topological polar surface area (TPSA) is 59.9 Å². The number of halogens is 1. The molecule has 0 saturated heterocycles. The van der Waals surface area contributed by atoms with Crippen molar-refractivity contribution in [3.05, 3.63) is 94.5 Å². The molecule has 0 aliphatic carbocycles. The van der Waals surface area contributed by atoms with E-state index in [-0.39, 0.29) is 5.91 Å². The summed E-state index contributed by atoms with van der Waals surface area (Å²) in [5.41, 5.74) is 4.63. The van der Waals surface area contributed by atoms with Crippen LogP contribution >= 0.6 is 11.6 Å². The fourth-order valence-electron chi connectivity index (χ4n) is 2.52. The van der Waals surface area contributed by atoms with E-state index in [1.165, 1.54) is 6.21 Å². The summed E-state index contributed by atoms with van der Waals surface area (Å²) in [5.74, 6) is 0.785. The van der Waals surface area contributed by atoms with Crippen LogP contribution in [0.5, 0.6) is 11.5 Å². The van der Waals surface area contributed by atoms with Crippen molar-refractivity contribution in [2.24, 2.45) is 5.10 Å². The van der Waals surface area contributed by atoms with Crippen molar-refractivity contribution in [3.63, 3.8) is 0 Å². The molecule has 3 aromatic carbocycles. The van der Waals surface area contributed by atoms with Crippen LogP contribution in [0.2, 0.25) is 5.02 Å². The van der Waals surface area contributed by atoms with E-state index in [4.69, 9.17) is 21.1 Å². The highest BCUT2D eigenvalue weighted by molar-refractivity contribution is 6.30. The first-order valence-corrected chi connectivity index (χ1v) is 8.98. The first-order chi connectivity index (χ1) is 13.7. The molecular formula is C22H19ClN2O3. The molecule has 28 heavy (non-hydrogen) atoms. The third-order valence-electron chi connectivity index (χ3n) is 3.95. The molecule has 3 rings (SSSR count). The maximum absolute atomic E-state index is 12.5. The van der Waals surface area contributed by atoms with Crippen LogP contribution in [0.4, 0.5) is 0 Å². The molecule has 3 aromatic rings. The largest absolute Gasteiger partial charge is 0.496 e. The van der Waals surface area contributed by atoms with Gasteiger partial charge in [-0.25, -0.2) is 5.43 Å². The highest BCUT2D eigenvalue weighted by atomic mass is 35.5. The lowest BCUT2D eigenvalue weighted by molar-refractivity contribution is 0.0950. The van der Waals surface area contributed by atoms with Gasteiger partial charge >= 0.3 is 0 Å². The number of ether oxygens (including phenoxy) is 2. The van der Waals surface area contributed by atoms with Gasteiger partial charge in [0.05, 0.1) is 18.9 Å². The average Bonchev–Trinajstić information content (AvgIpc) is 2.74. The second-order valence-corrected chi connectivity index (χ2v) is 6.29. The molecule has 0 fully saturated rings. The molecule has 1 N–H and O–H groups in total. The fourth-order valence-corrected chi connectivity index (χ4v) is 2.64. The first-order valence-electron chi connectivity index (χ1n) is 8.60. The number of para-hydroxylation sites is 2. The van der Waals surface area contributed by atoms with Gasteiger partial charge in [-0.2, -0.15) is 5.10 Å². The molecule has 6 heteroatoms. The van der Waals surface area contributed by atoms with Crippen molar-refractivity contribution < 1.29 is 14.3 Å². The van der Waals surface area contributed by atoms with Crippen LogP contribution in [-0.4, -0.2) is 19.2 Å². The predicted molar refractivity (Wildman–Crippen MR) is 110 cm³/mol. The number of rotatable bonds is 7. The number of carbonyl (C=O) groups excluding carboxylic acids is 1. The number of carbonyl (C=O) groups is 1. The number of benzene rings is 3. The summed E-state index contributed by atoms with van der Waals surface area (Å²) in [6.07, 6.45) is 1.54. The Bertz CT molecular complexity index is 972. The molecule has 0 aliphatic heterocycles. The summed E-state index contributed by atoms with van der Waals surface area (Å²) in [6.45, 7) is 0.325. The summed E-state index contributed by atoms with van der Waals surface area (Å²) in [4.78, 5) is 12.5. The Labute approximate surface area is 168 Å². The van der Waals surface area contributed by atoms with E-state index in [0.29, 0.717) is 28.7 Å². The molecule has 0 heterocycles. The van der Waals surface area contributed by atoms with Gasteiger partial charge in [0.1, 0.15) is 18.1 Å². The summed E-state index contributed by atoms with van der Waals surface area (Å²) in [5, 5.41) is 4.68. The van der Waals surface area contributed by atoms with Gasteiger partial charge in [0, 0.05) is 10.6 Å². The van der Waals surface area contributed by atoms with Crippen molar-refractivity contribution in [2.45, 2.75) is 6.61 Å². The minimum absolute atomic E-state index is 0.325. The molecule has 0 bridgehead atoms. The molecule has 142 valence electrons. The number of hydrogen-bond donors (Lipinski definition) is 1. The smallest absolute Gasteiger partial charge is 0.275 e. The van der Waals surface area contributed by atoms with Gasteiger partial charge in [0.15, 0.2) is 0 Å². The fraction of sp³-hybridized carbons (Fsp3) is 0.0909. The Balaban J connectivity index is 1.66. The lowest BCUT2D eigenvalue weighted by atomic mass is 10.2. The predicted octanol–water partition coefficient (Wildman–Crippen LogP) is 4.69. The summed E-state index contributed by atoms with van der Waals surface area (Å²) in [6, 6.07) is 21.8. The van der Waals surface area contributed by atoms with E-state index in [2.05, 4.69) is 10.5 Å². The number of hydrogen-bond acceptors (Lipinski definition) is 4. The van der Waals surface area contributed by atoms with Gasteiger partial charge in [0.2, 0.25) is 0 Å². The lowest BCUT2D eigenvalue weighted by Crippen LogP contribution is -2.18. The number of amides is 1. The van der Waals surface area contributed by atoms with Gasteiger partial charge in [-0.1, -0.05) is 48.0 Å². The quantitative estimate of drug-likeness (QED) is 0.467. The molecule has 0 aromatic heterocycles. The van der Waals surface area contributed by atoms with E-state index >= 15 is 0 Å². The third kappa shape index (κ3) is 5.11. The van der Waals surface area contributed by atoms with Gasteiger partial charge in [-0.15, -0.1) is 0 Å². The summed E-state index contributed by atoms with van der Waals surface area (Å²) < 4.78 is 11.1. The maximum Gasteiger partial charge on any atom is 0.275 e. The standard InChI is InChI=1S/C22H19ClN2O3/c1-27-20-8-4-2-6-17(20)14-24-25-22(26)19-7-3-5-9-21(19)28-15-16-10-12-18(23)13-11-16/h2-14H,15H2,1H3,(H,25,26)/b24-14+. The van der Waals surface area contributed by atoms with E-state index in [9.17, 15) is 4.79 Å². The zero-order valence-corrected chi connectivity index (χ0v) is 16.0. The molecule has 0 radical (unpaired) electrons. The van der Waals surface area contributed by atoms with Gasteiger partial charge in [0.25, 0.3) is 5.91 Å². The van der Waals surface area contributed by atoms with E-state index in [1.807, 2.05) is 42.5 Å². The zero-order chi connectivity index (χ0) is 19.8. The second-order valence-electron chi connectivity index (χ2n) is 5.85. The zero-order valence-electron chi connectivity index (χ0n) is 15.3. The molecule has 5 nitrogen and oxygen atoms in total. The monoisotopic (exact) mass is 394 g/mol. The Hall–Kier alpha value is -3.31. The van der Waals surface area contributed by atoms with Crippen LogP contribution < -0.4 is 14.9 Å². The Morgan fingerprint density at radius 1 is 1.00 bits per heavy atom. The van der Waals surface area contributed by atoms with E-state index < -0.39 is 0 Å². The first kappa shape index (κ1) is 19.5. The molecule has 0 aliphatic rings. The SMILES string of the molecule is COc1ccccc1/C=N/NC(=O)c1ccccc1OCc1ccc(Cl)cc1. The minimum atomic E-state index is -0.363. The van der Waals surface area contributed by atoms with Crippen LogP contribution in [0, 0.1) is 0 Å². The van der Waals surface area contributed by atoms with Crippen LogP contribution in [0.3, 0.4) is 0 Å². The Kier molecular flexibility index (Phi) is 6.65. The maximum atomic E-state index is 12.5. The Morgan fingerprint density at radius 3 is 2.43 bits per heavy atom. The van der Waals surface area contributed by atoms with Crippen LogP contribution in [0.1, 0.15) is 21.5 Å². The molecule has 0 saturated carbocycles. The van der Waals surface area contributed by atoms with Crippen molar-refractivity contribution in [1.29, 1.82) is 0 Å². The van der Waals surface area contributed by atoms with Crippen LogP contribution in [0.15, 0.2) is 77.9 Å². The third-order valence-corrected chi connectivity index (χ3v) is 4.20. The normalized spacial score (nSPS) is 10.6. The summed E-state index contributed by atoms with van der Waals surface area (Å²) >= 11 is 5.89. The van der Waals surface area contributed by atoms with E-state index in [1.54, 1.807) is 37.4 Å². The van der Waals surface area contributed by atoms with Gasteiger partial charge in [-0.05, 0) is 42.0 Å². The van der Waals surface area contributed by atoms with Crippen molar-refractivity contribution in [3.8, 4) is 11.5 Å². The van der Waals surface area contributed by atoms with Crippen molar-refractivity contribution in [2.75, 3.05) is 7.11 Å². The molecule has 1 amide bonds. The molecule has 0 unspecified atom stereocenters. The van der Waals surface area contributed by atoms with Crippen molar-refractivity contribution >= 4 is 23.7 Å². The Morgan fingerprint density at radius 2 is 1.68 bits per heavy atom. The van der Waals surface area contributed by atoms with E-state index in [0.717, 1.165) is 11.1 Å². The van der Waals surface area contributed by atoms with Crippen LogP contribution in [-0.2, 0) is 6.61 Å². The molecular weight excluding hydrogens is 376 g/mol. The minimum Gasteiger partial charge on any atom is -0.496 e. The average molecular weight is 395 g/mol. The highest BCUT2D eigenvalue weighted by Crippen LogP contribution is 2.20. The second kappa shape index (κ2) is 9.58. The van der Waals surface area contributed by atoms with Crippen LogP contribution in [0.25, 0.3) is 0 Å². The highest BCUT2D eigenvalue weighted by Gasteiger charge is 2.11. The van der Waals surface area contributed by atoms with Gasteiger partial charge in [-0.3, -0.25) is 4.79 Å². The van der Waals surface area contributed by atoms with Gasteiger partial charge < -0.3 is 9.47 Å². The number of nitrogens with zero attached hydrogens (tertiary/aromatic N) is 1. The molecule has 0 spiro atoms. The number of nitrogens with one attached hydrogen (secondary N) is 1.